The van der Waals surface area contributed by atoms with E-state index in [-0.39, 0.29) is 17.9 Å². The number of halogens is 6. The number of rotatable bonds is 3. The number of hydrogen-bond acceptors (Lipinski definition) is 6. The number of nitrogens with zero attached hydrogens (tertiary/aromatic N) is 3. The minimum atomic E-state index is -5.08. The Morgan fingerprint density at radius 3 is 1.91 bits per heavy atom. The molecule has 0 aromatic carbocycles. The van der Waals surface area contributed by atoms with E-state index >= 15 is 0 Å². The number of carbonyl (C=O) groups is 3. The number of alkyl halides is 6. The van der Waals surface area contributed by atoms with Crippen LogP contribution in [0.5, 0.6) is 0 Å². The van der Waals surface area contributed by atoms with Crippen LogP contribution in [-0.4, -0.2) is 99.6 Å². The third-order valence-electron chi connectivity index (χ3n) is 4.65. The zero-order valence-corrected chi connectivity index (χ0v) is 16.9. The predicted molar refractivity (Wildman–Crippen MR) is 98.1 cm³/mol. The number of hydrogen-bond donors (Lipinski definition) is 3. The molecule has 0 atom stereocenters. The van der Waals surface area contributed by atoms with Gasteiger partial charge in [0.05, 0.1) is 12.2 Å². The average Bonchev–Trinajstić information content (AvgIpc) is 3.13. The number of aliphatic hydroxyl groups is 1. The maximum atomic E-state index is 12.3. The van der Waals surface area contributed by atoms with E-state index in [2.05, 4.69) is 9.88 Å². The van der Waals surface area contributed by atoms with Crippen LogP contribution in [0.3, 0.4) is 0 Å². The van der Waals surface area contributed by atoms with Crippen LogP contribution < -0.4 is 0 Å². The maximum Gasteiger partial charge on any atom is 0.490 e. The Morgan fingerprint density at radius 2 is 1.52 bits per heavy atom. The number of aliphatic carboxylic acids is 2. The summed E-state index contributed by atoms with van der Waals surface area (Å²) in [7, 11) is 0. The van der Waals surface area contributed by atoms with Crippen LogP contribution in [0.25, 0.3) is 0 Å². The number of likely N-dealkylation sites (tertiary alicyclic amines) is 2. The molecule has 3 rings (SSSR count). The highest BCUT2D eigenvalue weighted by Crippen LogP contribution is 2.39. The third kappa shape index (κ3) is 8.84. The Bertz CT molecular complexity index is 788. The topological polar surface area (TPSA) is 131 Å². The van der Waals surface area contributed by atoms with Crippen molar-refractivity contribution < 1.29 is 56.0 Å². The largest absolute Gasteiger partial charge is 0.490 e. The lowest BCUT2D eigenvalue weighted by molar-refractivity contribution is -0.193. The van der Waals surface area contributed by atoms with E-state index in [4.69, 9.17) is 24.9 Å². The standard InChI is InChI=1S/C14H19N3O2.2C2HF3O2/c18-7-6-16-9-14(10-16)3-5-17(11-14)13(19)12-2-1-4-15-8-12;2*3-2(4,5)1(6)7/h1-2,4,8,18H,3,5-7,9-11H2;2*(H,6,7). The molecule has 15 heteroatoms. The lowest BCUT2D eigenvalue weighted by Gasteiger charge is -2.47. The summed E-state index contributed by atoms with van der Waals surface area (Å²) in [6, 6.07) is 3.62. The van der Waals surface area contributed by atoms with Crippen LogP contribution in [0.4, 0.5) is 26.3 Å². The van der Waals surface area contributed by atoms with Crippen LogP contribution >= 0.6 is 0 Å². The minimum Gasteiger partial charge on any atom is -0.475 e. The zero-order valence-electron chi connectivity index (χ0n) is 16.9. The van der Waals surface area contributed by atoms with E-state index in [0.29, 0.717) is 5.56 Å². The Kier molecular flexibility index (Phi) is 9.59. The van der Waals surface area contributed by atoms with E-state index in [0.717, 1.165) is 39.1 Å². The van der Waals surface area contributed by atoms with Crippen LogP contribution in [0.2, 0.25) is 0 Å². The van der Waals surface area contributed by atoms with E-state index < -0.39 is 24.3 Å². The van der Waals surface area contributed by atoms with E-state index in [1.54, 1.807) is 18.5 Å². The van der Waals surface area contributed by atoms with Gasteiger partial charge in [0.1, 0.15) is 0 Å². The van der Waals surface area contributed by atoms with Crippen molar-refractivity contribution >= 4 is 17.8 Å². The predicted octanol–water partition coefficient (Wildman–Crippen LogP) is 1.49. The molecular formula is C18H21F6N3O6. The van der Waals surface area contributed by atoms with E-state index in [1.165, 1.54) is 0 Å². The summed E-state index contributed by atoms with van der Waals surface area (Å²) in [4.78, 5) is 38.3. The number of aromatic nitrogens is 1. The molecule has 1 aromatic rings. The Balaban J connectivity index is 0.000000324. The van der Waals surface area contributed by atoms with Crippen molar-refractivity contribution in [3.05, 3.63) is 30.1 Å². The van der Waals surface area contributed by atoms with Gasteiger partial charge in [-0.05, 0) is 18.6 Å². The molecule has 3 heterocycles. The van der Waals surface area contributed by atoms with Crippen LogP contribution in [-0.2, 0) is 9.59 Å². The highest BCUT2D eigenvalue weighted by Gasteiger charge is 2.48. The van der Waals surface area contributed by atoms with Crippen molar-refractivity contribution in [1.29, 1.82) is 0 Å². The highest BCUT2D eigenvalue weighted by molar-refractivity contribution is 5.94. The van der Waals surface area contributed by atoms with E-state index in [9.17, 15) is 31.1 Å². The van der Waals surface area contributed by atoms with Crippen molar-refractivity contribution in [2.75, 3.05) is 39.3 Å². The van der Waals surface area contributed by atoms with Gasteiger partial charge in [0.25, 0.3) is 5.91 Å². The molecule has 9 nitrogen and oxygen atoms in total. The van der Waals surface area contributed by atoms with Gasteiger partial charge in [-0.1, -0.05) is 0 Å². The van der Waals surface area contributed by atoms with E-state index in [1.807, 2.05) is 11.0 Å². The maximum absolute atomic E-state index is 12.3. The van der Waals surface area contributed by atoms with Gasteiger partial charge in [-0.25, -0.2) is 9.59 Å². The van der Waals surface area contributed by atoms with Gasteiger partial charge in [-0.2, -0.15) is 26.3 Å². The molecule has 33 heavy (non-hydrogen) atoms. The first-order chi connectivity index (χ1) is 15.1. The Labute approximate surface area is 183 Å². The Morgan fingerprint density at radius 1 is 1.00 bits per heavy atom. The molecule has 2 aliphatic rings. The fraction of sp³-hybridized carbons (Fsp3) is 0.556. The second-order valence-corrected chi connectivity index (χ2v) is 7.26. The van der Waals surface area contributed by atoms with Crippen LogP contribution in [0.1, 0.15) is 16.8 Å². The molecule has 1 amide bonds. The number of aliphatic hydroxyl groups excluding tert-OH is 1. The number of pyridine rings is 1. The molecule has 186 valence electrons. The highest BCUT2D eigenvalue weighted by atomic mass is 19.4. The third-order valence-corrected chi connectivity index (χ3v) is 4.65. The van der Waals surface area contributed by atoms with Crippen molar-refractivity contribution in [2.24, 2.45) is 5.41 Å². The molecule has 1 spiro atoms. The number of carboxylic acids is 2. The Hall–Kier alpha value is -2.94. The smallest absolute Gasteiger partial charge is 0.475 e. The molecule has 2 saturated heterocycles. The summed E-state index contributed by atoms with van der Waals surface area (Å²) >= 11 is 0. The second kappa shape index (κ2) is 11.3. The first-order valence-electron chi connectivity index (χ1n) is 9.24. The van der Waals surface area contributed by atoms with Gasteiger partial charge in [0.2, 0.25) is 0 Å². The van der Waals surface area contributed by atoms with Crippen LogP contribution in [0.15, 0.2) is 24.5 Å². The van der Waals surface area contributed by atoms with Gasteiger partial charge in [-0.15, -0.1) is 0 Å². The number of amides is 1. The molecule has 0 saturated carbocycles. The van der Waals surface area contributed by atoms with Gasteiger partial charge in [-0.3, -0.25) is 14.7 Å². The fourth-order valence-electron chi connectivity index (χ4n) is 3.24. The second-order valence-electron chi connectivity index (χ2n) is 7.26. The summed E-state index contributed by atoms with van der Waals surface area (Å²) in [6.07, 6.45) is -5.78. The van der Waals surface area contributed by atoms with Crippen LogP contribution in [0, 0.1) is 5.41 Å². The molecule has 2 fully saturated rings. The summed E-state index contributed by atoms with van der Waals surface area (Å²) in [6.45, 7) is 4.64. The summed E-state index contributed by atoms with van der Waals surface area (Å²) in [5.74, 6) is -5.43. The normalized spacial score (nSPS) is 17.2. The molecule has 0 radical (unpaired) electrons. The lowest BCUT2D eigenvalue weighted by Crippen LogP contribution is -2.58. The molecular weight excluding hydrogens is 468 g/mol. The van der Waals surface area contributed by atoms with Gasteiger partial charge >= 0.3 is 24.3 Å². The number of carbonyl (C=O) groups excluding carboxylic acids is 1. The summed E-state index contributed by atoms with van der Waals surface area (Å²) < 4.78 is 63.5. The average molecular weight is 489 g/mol. The molecule has 2 aliphatic heterocycles. The van der Waals surface area contributed by atoms with Crippen molar-refractivity contribution in [3.8, 4) is 0 Å². The quantitative estimate of drug-likeness (QED) is 0.545. The minimum absolute atomic E-state index is 0.0885. The first-order valence-corrected chi connectivity index (χ1v) is 9.24. The number of carboxylic acid groups (broad SMARTS) is 2. The molecule has 0 unspecified atom stereocenters. The molecule has 3 N–H and O–H groups in total. The zero-order chi connectivity index (χ0) is 25.4. The number of β-amino-alcohol motifs (C(OH)–C–C–N with tert-alkyl or cyclic N) is 1. The van der Waals surface area contributed by atoms with Gasteiger partial charge in [0, 0.05) is 50.5 Å². The molecule has 0 aliphatic carbocycles. The van der Waals surface area contributed by atoms with Crippen molar-refractivity contribution in [3.63, 3.8) is 0 Å². The van der Waals surface area contributed by atoms with Crippen molar-refractivity contribution in [2.45, 2.75) is 18.8 Å². The SMILES string of the molecule is O=C(O)C(F)(F)F.O=C(O)C(F)(F)F.O=C(c1cccnc1)N1CCC2(CN(CCO)C2)C1. The van der Waals surface area contributed by atoms with Gasteiger partial charge in [0.15, 0.2) is 0 Å². The first kappa shape index (κ1) is 28.1. The van der Waals surface area contributed by atoms with Gasteiger partial charge < -0.3 is 20.2 Å². The summed E-state index contributed by atoms with van der Waals surface area (Å²) in [5, 5.41) is 23.2. The monoisotopic (exact) mass is 489 g/mol. The molecule has 0 bridgehead atoms. The van der Waals surface area contributed by atoms with Crippen molar-refractivity contribution in [1.82, 2.24) is 14.8 Å². The lowest BCUT2D eigenvalue weighted by atomic mass is 9.79. The fourth-order valence-corrected chi connectivity index (χ4v) is 3.24. The molecule has 1 aromatic heterocycles. The summed E-state index contributed by atoms with van der Waals surface area (Å²) in [5.41, 5.74) is 0.943.